The first kappa shape index (κ1) is 18.0. The van der Waals surface area contributed by atoms with Crippen LogP contribution < -0.4 is 0 Å². The standard InChI is InChI=1S/C20H24N2O6/c23-7-1-5-21-17(25)13-9-3-4-10(14(13)18(21)26)12-11(9)15-16(12)20(28)22(19(15)27)6-2-8-24/h3-4,9-16,23-24H,1-2,5-8H2/t9-,10+,11-,12-,13+,14-,15+,16-/m0/s1. The molecule has 28 heavy (non-hydrogen) atoms. The largest absolute Gasteiger partial charge is 0.396 e. The van der Waals surface area contributed by atoms with Gasteiger partial charge in [-0.2, -0.15) is 0 Å². The Morgan fingerprint density at radius 1 is 0.643 bits per heavy atom. The minimum absolute atomic E-state index is 0.0635. The van der Waals surface area contributed by atoms with Crippen LogP contribution in [0.2, 0.25) is 0 Å². The van der Waals surface area contributed by atoms with E-state index < -0.39 is 23.7 Å². The molecular formula is C20H24N2O6. The second kappa shape index (κ2) is 6.22. The Morgan fingerprint density at radius 2 is 1.00 bits per heavy atom. The van der Waals surface area contributed by atoms with E-state index in [1.165, 1.54) is 9.80 Å². The summed E-state index contributed by atoms with van der Waals surface area (Å²) in [7, 11) is 0. The van der Waals surface area contributed by atoms with Crippen molar-refractivity contribution in [2.24, 2.45) is 47.3 Å². The van der Waals surface area contributed by atoms with E-state index in [-0.39, 0.29) is 73.6 Å². The summed E-state index contributed by atoms with van der Waals surface area (Å²) in [5, 5.41) is 18.1. The van der Waals surface area contributed by atoms with Crippen molar-refractivity contribution in [2.45, 2.75) is 12.8 Å². The van der Waals surface area contributed by atoms with Crippen molar-refractivity contribution in [3.05, 3.63) is 12.2 Å². The number of imide groups is 2. The van der Waals surface area contributed by atoms with Crippen LogP contribution >= 0.6 is 0 Å². The molecule has 8 nitrogen and oxygen atoms in total. The number of aliphatic hydroxyl groups is 2. The zero-order valence-corrected chi connectivity index (χ0v) is 15.4. The maximum atomic E-state index is 13.0. The summed E-state index contributed by atoms with van der Waals surface area (Å²) in [6, 6.07) is 0. The Kier molecular flexibility index (Phi) is 4.00. The first-order chi connectivity index (χ1) is 13.5. The molecule has 8 heteroatoms. The Morgan fingerprint density at radius 3 is 1.36 bits per heavy atom. The van der Waals surface area contributed by atoms with Crippen LogP contribution in [-0.4, -0.2) is 69.9 Å². The highest BCUT2D eigenvalue weighted by Gasteiger charge is 2.74. The number of hydrogen-bond donors (Lipinski definition) is 2. The molecule has 150 valence electrons. The van der Waals surface area contributed by atoms with Crippen LogP contribution in [0.4, 0.5) is 0 Å². The summed E-state index contributed by atoms with van der Waals surface area (Å²) in [5.41, 5.74) is 0. The molecule has 0 unspecified atom stereocenters. The molecule has 6 aliphatic rings. The van der Waals surface area contributed by atoms with Gasteiger partial charge in [0.15, 0.2) is 0 Å². The van der Waals surface area contributed by atoms with Gasteiger partial charge in [0.2, 0.25) is 23.6 Å². The number of hydrogen-bond acceptors (Lipinski definition) is 6. The lowest BCUT2D eigenvalue weighted by atomic mass is 9.40. The number of allylic oxidation sites excluding steroid dienone is 2. The summed E-state index contributed by atoms with van der Waals surface area (Å²) < 4.78 is 0. The van der Waals surface area contributed by atoms with Gasteiger partial charge in [0, 0.05) is 26.3 Å². The number of carbonyl (C=O) groups is 4. The monoisotopic (exact) mass is 388 g/mol. The van der Waals surface area contributed by atoms with Crippen molar-refractivity contribution in [3.63, 3.8) is 0 Å². The molecule has 2 bridgehead atoms. The lowest BCUT2D eigenvalue weighted by molar-refractivity contribution is -0.166. The molecule has 2 heterocycles. The van der Waals surface area contributed by atoms with Gasteiger partial charge >= 0.3 is 0 Å². The number of nitrogens with zero attached hydrogens (tertiary/aromatic N) is 2. The van der Waals surface area contributed by atoms with Crippen LogP contribution in [-0.2, 0) is 19.2 Å². The fourth-order valence-corrected chi connectivity index (χ4v) is 6.62. The van der Waals surface area contributed by atoms with E-state index in [1.54, 1.807) is 0 Å². The molecule has 4 aliphatic carbocycles. The number of likely N-dealkylation sites (tertiary alicyclic amines) is 2. The lowest BCUT2D eigenvalue weighted by Crippen LogP contribution is -2.63. The fraction of sp³-hybridized carbons (Fsp3) is 0.700. The Bertz CT molecular complexity index is 738. The summed E-state index contributed by atoms with van der Waals surface area (Å²) >= 11 is 0. The minimum atomic E-state index is -0.446. The molecule has 4 fully saturated rings. The SMILES string of the molecule is O=C1[C@@H]2[C@H]3C=C[C@@H]([C@@H]2C(=O)N1CCCO)[C@@H]1[C@@H]2C(=O)N(CCCO)C(=O)[C@@H]2[C@@H]31. The highest BCUT2D eigenvalue weighted by Crippen LogP contribution is 2.68. The molecule has 2 aliphatic heterocycles. The third kappa shape index (κ3) is 2.02. The number of rotatable bonds is 6. The Labute approximate surface area is 162 Å². The second-order valence-corrected chi connectivity index (χ2v) is 8.61. The molecule has 0 aromatic carbocycles. The first-order valence-electron chi connectivity index (χ1n) is 10.1. The average molecular weight is 388 g/mol. The normalized spacial score (nSPS) is 42.8. The molecule has 0 radical (unpaired) electrons. The van der Waals surface area contributed by atoms with Crippen LogP contribution in [0.15, 0.2) is 12.2 Å². The maximum absolute atomic E-state index is 13.0. The molecule has 8 atom stereocenters. The topological polar surface area (TPSA) is 115 Å². The van der Waals surface area contributed by atoms with Crippen molar-refractivity contribution < 1.29 is 29.4 Å². The highest BCUT2D eigenvalue weighted by atomic mass is 16.3. The summed E-state index contributed by atoms with van der Waals surface area (Å²) in [5.74, 6) is -2.96. The highest BCUT2D eigenvalue weighted by molar-refractivity contribution is 6.09. The molecule has 0 spiro atoms. The predicted octanol–water partition coefficient (Wildman–Crippen LogP) is -0.985. The molecule has 0 aromatic heterocycles. The number of carbonyl (C=O) groups excluding carboxylic acids is 4. The number of aliphatic hydroxyl groups excluding tert-OH is 2. The van der Waals surface area contributed by atoms with E-state index in [4.69, 9.17) is 10.2 Å². The van der Waals surface area contributed by atoms with E-state index in [0.717, 1.165) is 0 Å². The van der Waals surface area contributed by atoms with Gasteiger partial charge in [0.25, 0.3) is 0 Å². The van der Waals surface area contributed by atoms with Gasteiger partial charge in [0.1, 0.15) is 0 Å². The fourth-order valence-electron chi connectivity index (χ4n) is 6.62. The zero-order chi connectivity index (χ0) is 19.7. The molecule has 2 N–H and O–H groups in total. The van der Waals surface area contributed by atoms with Crippen molar-refractivity contribution in [3.8, 4) is 0 Å². The number of fused-ring (bicyclic) bond motifs is 1. The van der Waals surface area contributed by atoms with Crippen LogP contribution in [0.3, 0.4) is 0 Å². The van der Waals surface area contributed by atoms with Gasteiger partial charge < -0.3 is 10.2 Å². The van der Waals surface area contributed by atoms with Crippen LogP contribution in [0.1, 0.15) is 12.8 Å². The van der Waals surface area contributed by atoms with E-state index in [0.29, 0.717) is 12.8 Å². The third-order valence-electron chi connectivity index (χ3n) is 7.61. The molecule has 2 saturated heterocycles. The summed E-state index contributed by atoms with van der Waals surface area (Å²) in [6.07, 6.45) is 4.68. The molecule has 4 amide bonds. The maximum Gasteiger partial charge on any atom is 0.233 e. The lowest BCUT2D eigenvalue weighted by Gasteiger charge is -2.60. The average Bonchev–Trinajstić information content (AvgIpc) is 3.03. The van der Waals surface area contributed by atoms with Crippen molar-refractivity contribution in [1.29, 1.82) is 0 Å². The minimum Gasteiger partial charge on any atom is -0.396 e. The van der Waals surface area contributed by atoms with Crippen molar-refractivity contribution in [1.82, 2.24) is 9.80 Å². The molecule has 6 rings (SSSR count). The van der Waals surface area contributed by atoms with Crippen LogP contribution in [0.5, 0.6) is 0 Å². The molecule has 0 aromatic rings. The van der Waals surface area contributed by atoms with Crippen LogP contribution in [0.25, 0.3) is 0 Å². The van der Waals surface area contributed by atoms with E-state index in [9.17, 15) is 19.2 Å². The van der Waals surface area contributed by atoms with Gasteiger partial charge in [0.05, 0.1) is 23.7 Å². The van der Waals surface area contributed by atoms with Crippen molar-refractivity contribution in [2.75, 3.05) is 26.3 Å². The second-order valence-electron chi connectivity index (χ2n) is 8.61. The van der Waals surface area contributed by atoms with Gasteiger partial charge in [-0.1, -0.05) is 12.2 Å². The molecule has 2 saturated carbocycles. The molecular weight excluding hydrogens is 364 g/mol. The van der Waals surface area contributed by atoms with Gasteiger partial charge in [-0.15, -0.1) is 0 Å². The van der Waals surface area contributed by atoms with Crippen LogP contribution in [0, 0.1) is 47.3 Å². The van der Waals surface area contributed by atoms with E-state index in [2.05, 4.69) is 0 Å². The Balaban J connectivity index is 1.45. The van der Waals surface area contributed by atoms with Gasteiger partial charge in [-0.25, -0.2) is 0 Å². The van der Waals surface area contributed by atoms with E-state index in [1.807, 2.05) is 12.2 Å². The Hall–Kier alpha value is -2.06. The third-order valence-corrected chi connectivity index (χ3v) is 7.61. The van der Waals surface area contributed by atoms with Crippen molar-refractivity contribution >= 4 is 23.6 Å². The smallest absolute Gasteiger partial charge is 0.233 e. The number of amides is 4. The quantitative estimate of drug-likeness (QED) is 0.446. The van der Waals surface area contributed by atoms with Gasteiger partial charge in [-0.3, -0.25) is 29.0 Å². The summed E-state index contributed by atoms with van der Waals surface area (Å²) in [4.78, 5) is 54.2. The first-order valence-corrected chi connectivity index (χ1v) is 10.1. The van der Waals surface area contributed by atoms with Gasteiger partial charge in [-0.05, 0) is 36.5 Å². The van der Waals surface area contributed by atoms with E-state index >= 15 is 0 Å². The predicted molar refractivity (Wildman–Crippen MR) is 93.9 cm³/mol. The summed E-state index contributed by atoms with van der Waals surface area (Å²) in [6.45, 7) is 0.279. The zero-order valence-electron chi connectivity index (χ0n) is 15.4.